The van der Waals surface area contributed by atoms with Gasteiger partial charge >= 0.3 is 0 Å². The number of nitrogens with two attached hydrogens (primary N) is 1. The van der Waals surface area contributed by atoms with Crippen molar-refractivity contribution in [3.8, 4) is 5.75 Å². The van der Waals surface area contributed by atoms with E-state index in [0.29, 0.717) is 22.0 Å². The minimum atomic E-state index is -3.86. The summed E-state index contributed by atoms with van der Waals surface area (Å²) in [4.78, 5) is 12.6. The Morgan fingerprint density at radius 3 is 2.43 bits per heavy atom. The fourth-order valence-corrected chi connectivity index (χ4v) is 3.16. The summed E-state index contributed by atoms with van der Waals surface area (Å²) in [5, 5.41) is 8.42. The number of carbonyl (C=O) groups is 1. The van der Waals surface area contributed by atoms with Crippen LogP contribution in [0.25, 0.3) is 0 Å². The number of anilines is 1. The molecule has 0 spiro atoms. The molecule has 0 aliphatic carbocycles. The molecule has 1 amide bonds. The van der Waals surface area contributed by atoms with Crippen molar-refractivity contribution < 1.29 is 17.9 Å². The Hall–Kier alpha value is -2.87. The lowest BCUT2D eigenvalue weighted by atomic mass is 10.1. The van der Waals surface area contributed by atoms with Gasteiger partial charge in [-0.2, -0.15) is 0 Å². The topological polar surface area (TPSA) is 98.5 Å². The van der Waals surface area contributed by atoms with Gasteiger partial charge in [-0.25, -0.2) is 13.6 Å². The zero-order chi connectivity index (χ0) is 20.1. The van der Waals surface area contributed by atoms with E-state index in [2.05, 4.69) is 5.32 Å². The number of benzene rings is 3. The first-order valence-corrected chi connectivity index (χ1v) is 10.2. The normalized spacial score (nSPS) is 11.1. The molecule has 144 valence electrons. The van der Waals surface area contributed by atoms with Crippen LogP contribution in [0, 0.1) is 0 Å². The van der Waals surface area contributed by atoms with E-state index in [4.69, 9.17) is 21.5 Å². The predicted molar refractivity (Wildman–Crippen MR) is 108 cm³/mol. The molecule has 0 heterocycles. The Morgan fingerprint density at radius 2 is 1.71 bits per heavy atom. The number of hydrogen-bond acceptors (Lipinski definition) is 4. The molecule has 8 heteroatoms. The number of para-hydroxylation sites is 1. The Balaban J connectivity index is 1.76. The maximum absolute atomic E-state index is 12.7. The largest absolute Gasteiger partial charge is 0.488 e. The lowest BCUT2D eigenvalue weighted by Crippen LogP contribution is -2.15. The quantitative estimate of drug-likeness (QED) is 0.638. The van der Waals surface area contributed by atoms with Crippen LogP contribution in [0.3, 0.4) is 0 Å². The number of primary sulfonamides is 1. The van der Waals surface area contributed by atoms with E-state index in [1.54, 1.807) is 42.5 Å². The monoisotopic (exact) mass is 416 g/mol. The van der Waals surface area contributed by atoms with Gasteiger partial charge in [0.25, 0.3) is 5.91 Å². The van der Waals surface area contributed by atoms with Crippen molar-refractivity contribution in [2.75, 3.05) is 5.32 Å². The number of ether oxygens (including phenoxy) is 1. The Morgan fingerprint density at radius 1 is 1.00 bits per heavy atom. The highest BCUT2D eigenvalue weighted by atomic mass is 35.5. The van der Waals surface area contributed by atoms with Crippen LogP contribution in [0.15, 0.2) is 77.7 Å². The molecule has 0 fully saturated rings. The van der Waals surface area contributed by atoms with Crippen molar-refractivity contribution in [2.24, 2.45) is 5.14 Å². The minimum Gasteiger partial charge on any atom is -0.488 e. The standard InChI is InChI=1S/C20H17ClN2O4S/c21-15-10-8-14(9-11-15)13-27-19-7-2-1-6-18(19)20(24)23-16-4-3-5-17(12-16)28(22,25)26/h1-12H,13H2,(H,23,24)(H2,22,25,26). The summed E-state index contributed by atoms with van der Waals surface area (Å²) in [6, 6.07) is 19.7. The second-order valence-electron chi connectivity index (χ2n) is 5.94. The van der Waals surface area contributed by atoms with Crippen molar-refractivity contribution in [1.82, 2.24) is 0 Å². The summed E-state index contributed by atoms with van der Waals surface area (Å²) >= 11 is 5.87. The summed E-state index contributed by atoms with van der Waals surface area (Å²) in [6.45, 7) is 0.266. The number of halogens is 1. The van der Waals surface area contributed by atoms with Gasteiger partial charge in [-0.15, -0.1) is 0 Å². The number of carbonyl (C=O) groups excluding carboxylic acids is 1. The average Bonchev–Trinajstić information content (AvgIpc) is 2.67. The highest BCUT2D eigenvalue weighted by molar-refractivity contribution is 7.89. The van der Waals surface area contributed by atoms with Crippen molar-refractivity contribution in [3.05, 3.63) is 88.9 Å². The van der Waals surface area contributed by atoms with E-state index < -0.39 is 15.9 Å². The zero-order valence-corrected chi connectivity index (χ0v) is 16.2. The van der Waals surface area contributed by atoms with Crippen LogP contribution in [0.4, 0.5) is 5.69 Å². The van der Waals surface area contributed by atoms with Crippen LogP contribution >= 0.6 is 11.6 Å². The van der Waals surface area contributed by atoms with Crippen LogP contribution in [0.2, 0.25) is 5.02 Å². The van der Waals surface area contributed by atoms with Gasteiger partial charge < -0.3 is 10.1 Å². The third kappa shape index (κ3) is 5.10. The lowest BCUT2D eigenvalue weighted by Gasteiger charge is -2.12. The highest BCUT2D eigenvalue weighted by Gasteiger charge is 2.14. The highest BCUT2D eigenvalue weighted by Crippen LogP contribution is 2.22. The molecule has 28 heavy (non-hydrogen) atoms. The van der Waals surface area contributed by atoms with E-state index in [0.717, 1.165) is 5.56 Å². The Kier molecular flexibility index (Phi) is 5.99. The fourth-order valence-electron chi connectivity index (χ4n) is 2.47. The van der Waals surface area contributed by atoms with Crippen LogP contribution < -0.4 is 15.2 Å². The van der Waals surface area contributed by atoms with Crippen molar-refractivity contribution in [3.63, 3.8) is 0 Å². The maximum atomic E-state index is 12.7. The molecule has 0 unspecified atom stereocenters. The molecule has 0 aromatic heterocycles. The molecule has 3 N–H and O–H groups in total. The molecule has 0 atom stereocenters. The number of amides is 1. The van der Waals surface area contributed by atoms with Crippen LogP contribution in [0.1, 0.15) is 15.9 Å². The molecule has 3 aromatic carbocycles. The van der Waals surface area contributed by atoms with Crippen LogP contribution in [-0.2, 0) is 16.6 Å². The number of sulfonamides is 1. The number of nitrogens with one attached hydrogen (secondary N) is 1. The van der Waals surface area contributed by atoms with Crippen molar-refractivity contribution in [2.45, 2.75) is 11.5 Å². The predicted octanol–water partition coefficient (Wildman–Crippen LogP) is 3.82. The van der Waals surface area contributed by atoms with Gasteiger partial charge in [0.15, 0.2) is 0 Å². The molecule has 0 aliphatic rings. The maximum Gasteiger partial charge on any atom is 0.259 e. The third-order valence-corrected chi connectivity index (χ3v) is 5.02. The van der Waals surface area contributed by atoms with Gasteiger partial charge in [-0.05, 0) is 48.0 Å². The van der Waals surface area contributed by atoms with Gasteiger partial charge in [0.05, 0.1) is 10.5 Å². The van der Waals surface area contributed by atoms with E-state index in [9.17, 15) is 13.2 Å². The molecule has 0 bridgehead atoms. The molecule has 3 rings (SSSR count). The lowest BCUT2D eigenvalue weighted by molar-refractivity contribution is 0.102. The number of rotatable bonds is 6. The van der Waals surface area contributed by atoms with Gasteiger partial charge in [-0.1, -0.05) is 41.9 Å². The van der Waals surface area contributed by atoms with Gasteiger partial charge in [0, 0.05) is 10.7 Å². The second kappa shape index (κ2) is 8.43. The summed E-state index contributed by atoms with van der Waals surface area (Å²) in [5.41, 5.74) is 1.53. The molecule has 3 aromatic rings. The Labute approximate surface area is 168 Å². The van der Waals surface area contributed by atoms with Gasteiger partial charge in [0.1, 0.15) is 12.4 Å². The number of hydrogen-bond donors (Lipinski definition) is 2. The van der Waals surface area contributed by atoms with E-state index in [1.165, 1.54) is 18.2 Å². The smallest absolute Gasteiger partial charge is 0.259 e. The first-order chi connectivity index (χ1) is 13.3. The van der Waals surface area contributed by atoms with Crippen molar-refractivity contribution >= 4 is 33.2 Å². The summed E-state index contributed by atoms with van der Waals surface area (Å²) < 4.78 is 28.7. The minimum absolute atomic E-state index is 0.0856. The molecular formula is C20H17ClN2O4S. The molecule has 0 saturated heterocycles. The van der Waals surface area contributed by atoms with Crippen LogP contribution in [-0.4, -0.2) is 14.3 Å². The first kappa shape index (κ1) is 19.9. The van der Waals surface area contributed by atoms with Gasteiger partial charge in [0.2, 0.25) is 10.0 Å². The van der Waals surface area contributed by atoms with Crippen LogP contribution in [0.5, 0.6) is 5.75 Å². The molecular weight excluding hydrogens is 400 g/mol. The molecule has 0 saturated carbocycles. The van der Waals surface area contributed by atoms with E-state index in [-0.39, 0.29) is 11.5 Å². The van der Waals surface area contributed by atoms with Gasteiger partial charge in [-0.3, -0.25) is 4.79 Å². The average molecular weight is 417 g/mol. The summed E-state index contributed by atoms with van der Waals surface area (Å²) in [5.74, 6) is -0.0316. The summed E-state index contributed by atoms with van der Waals surface area (Å²) in [6.07, 6.45) is 0. The first-order valence-electron chi connectivity index (χ1n) is 8.23. The SMILES string of the molecule is NS(=O)(=O)c1cccc(NC(=O)c2ccccc2OCc2ccc(Cl)cc2)c1. The van der Waals surface area contributed by atoms with E-state index in [1.807, 2.05) is 12.1 Å². The summed E-state index contributed by atoms with van der Waals surface area (Å²) in [7, 11) is -3.86. The third-order valence-electron chi connectivity index (χ3n) is 3.86. The fraction of sp³-hybridized carbons (Fsp3) is 0.0500. The molecule has 0 aliphatic heterocycles. The Bertz CT molecular complexity index is 1100. The van der Waals surface area contributed by atoms with E-state index >= 15 is 0 Å². The zero-order valence-electron chi connectivity index (χ0n) is 14.6. The second-order valence-corrected chi connectivity index (χ2v) is 7.94. The van der Waals surface area contributed by atoms with Crippen molar-refractivity contribution in [1.29, 1.82) is 0 Å². The molecule has 6 nitrogen and oxygen atoms in total. The molecule has 0 radical (unpaired) electrons.